The Morgan fingerprint density at radius 2 is 1.67 bits per heavy atom. The molecule has 2 aromatic carbocycles. The molecule has 27 heavy (non-hydrogen) atoms. The fourth-order valence-corrected chi connectivity index (χ4v) is 3.26. The summed E-state index contributed by atoms with van der Waals surface area (Å²) in [6, 6.07) is 14.3. The SMILES string of the molecule is COc1ccc(Cn2cnc3cc(B4OC(C)(C)C(C)(C)O4)ccc32)cc1. The first-order chi connectivity index (χ1) is 12.8. The van der Waals surface area contributed by atoms with E-state index in [1.54, 1.807) is 7.11 Å². The number of aromatic nitrogens is 2. The lowest BCUT2D eigenvalue weighted by atomic mass is 9.79. The topological polar surface area (TPSA) is 45.5 Å². The highest BCUT2D eigenvalue weighted by molar-refractivity contribution is 6.62. The van der Waals surface area contributed by atoms with Crippen LogP contribution in [-0.2, 0) is 15.9 Å². The van der Waals surface area contributed by atoms with Crippen LogP contribution in [0.3, 0.4) is 0 Å². The first kappa shape index (κ1) is 18.1. The Balaban J connectivity index is 1.58. The third-order valence-electron chi connectivity index (χ3n) is 5.68. The minimum atomic E-state index is -0.369. The van der Waals surface area contributed by atoms with Crippen LogP contribution in [0.2, 0.25) is 0 Å². The minimum absolute atomic E-state index is 0.347. The van der Waals surface area contributed by atoms with Crippen molar-refractivity contribution >= 4 is 23.6 Å². The van der Waals surface area contributed by atoms with E-state index in [1.807, 2.05) is 18.5 Å². The van der Waals surface area contributed by atoms with Crippen molar-refractivity contribution in [1.29, 1.82) is 0 Å². The van der Waals surface area contributed by atoms with E-state index in [9.17, 15) is 0 Å². The van der Waals surface area contributed by atoms with Gasteiger partial charge in [0.25, 0.3) is 0 Å². The number of fused-ring (bicyclic) bond motifs is 1. The standard InChI is InChI=1S/C21H25BN2O3/c1-20(2)21(3,4)27-22(26-20)16-8-11-19-18(12-16)23-14-24(19)13-15-6-9-17(25-5)10-7-15/h6-12,14H,13H2,1-5H3. The Labute approximate surface area is 160 Å². The summed E-state index contributed by atoms with van der Waals surface area (Å²) in [5.41, 5.74) is 3.53. The number of rotatable bonds is 4. The largest absolute Gasteiger partial charge is 0.497 e. The highest BCUT2D eigenvalue weighted by atomic mass is 16.7. The van der Waals surface area contributed by atoms with Gasteiger partial charge in [-0.25, -0.2) is 4.98 Å². The average Bonchev–Trinajstić information content (AvgIpc) is 3.12. The number of nitrogens with zero attached hydrogens (tertiary/aromatic N) is 2. The van der Waals surface area contributed by atoms with Gasteiger partial charge in [-0.3, -0.25) is 0 Å². The Kier molecular flexibility index (Phi) is 4.28. The van der Waals surface area contributed by atoms with Crippen LogP contribution in [0, 0.1) is 0 Å². The fraction of sp³-hybridized carbons (Fsp3) is 0.381. The normalized spacial score (nSPS) is 18.2. The molecule has 140 valence electrons. The van der Waals surface area contributed by atoms with Gasteiger partial charge < -0.3 is 18.6 Å². The van der Waals surface area contributed by atoms with E-state index in [2.05, 4.69) is 67.6 Å². The second-order valence-corrected chi connectivity index (χ2v) is 8.06. The van der Waals surface area contributed by atoms with Gasteiger partial charge in [0, 0.05) is 6.54 Å². The van der Waals surface area contributed by atoms with E-state index in [4.69, 9.17) is 14.0 Å². The lowest BCUT2D eigenvalue weighted by molar-refractivity contribution is 0.00578. The van der Waals surface area contributed by atoms with Gasteiger partial charge in [-0.05, 0) is 63.0 Å². The summed E-state index contributed by atoms with van der Waals surface area (Å²) in [6.45, 7) is 9.02. The molecular weight excluding hydrogens is 339 g/mol. The van der Waals surface area contributed by atoms with Crippen LogP contribution in [0.5, 0.6) is 5.75 Å². The van der Waals surface area contributed by atoms with Crippen LogP contribution in [0.25, 0.3) is 11.0 Å². The third-order valence-corrected chi connectivity index (χ3v) is 5.68. The summed E-state index contributed by atoms with van der Waals surface area (Å²) in [4.78, 5) is 4.58. The van der Waals surface area contributed by atoms with E-state index in [0.717, 1.165) is 28.8 Å². The van der Waals surface area contributed by atoms with E-state index in [1.165, 1.54) is 5.56 Å². The smallest absolute Gasteiger partial charge is 0.494 e. The Morgan fingerprint density at radius 3 is 2.30 bits per heavy atom. The van der Waals surface area contributed by atoms with Crippen molar-refractivity contribution in [2.24, 2.45) is 0 Å². The highest BCUT2D eigenvalue weighted by Gasteiger charge is 2.51. The molecule has 2 heterocycles. The molecule has 0 atom stereocenters. The number of benzene rings is 2. The molecule has 1 saturated heterocycles. The lowest BCUT2D eigenvalue weighted by Gasteiger charge is -2.32. The summed E-state index contributed by atoms with van der Waals surface area (Å²) in [5.74, 6) is 0.862. The summed E-state index contributed by atoms with van der Waals surface area (Å²) in [6.07, 6.45) is 1.88. The summed E-state index contributed by atoms with van der Waals surface area (Å²) in [7, 11) is 1.31. The van der Waals surface area contributed by atoms with Crippen LogP contribution in [-0.4, -0.2) is 35.0 Å². The molecule has 0 spiro atoms. The molecule has 0 bridgehead atoms. The summed E-state index contributed by atoms with van der Waals surface area (Å²) < 4.78 is 19.7. The Bertz CT molecular complexity index is 947. The quantitative estimate of drug-likeness (QED) is 0.666. The third kappa shape index (κ3) is 3.24. The molecule has 1 fully saturated rings. The molecule has 5 nitrogen and oxygen atoms in total. The fourth-order valence-electron chi connectivity index (χ4n) is 3.26. The molecule has 0 N–H and O–H groups in total. The minimum Gasteiger partial charge on any atom is -0.497 e. The molecule has 6 heteroatoms. The second-order valence-electron chi connectivity index (χ2n) is 8.06. The van der Waals surface area contributed by atoms with Gasteiger partial charge in [-0.1, -0.05) is 18.2 Å². The van der Waals surface area contributed by atoms with Crippen LogP contribution < -0.4 is 10.2 Å². The van der Waals surface area contributed by atoms with Crippen LogP contribution in [0.1, 0.15) is 33.3 Å². The highest BCUT2D eigenvalue weighted by Crippen LogP contribution is 2.36. The van der Waals surface area contributed by atoms with E-state index in [-0.39, 0.29) is 18.3 Å². The van der Waals surface area contributed by atoms with Gasteiger partial charge in [-0.15, -0.1) is 0 Å². The molecular formula is C21H25BN2O3. The summed E-state index contributed by atoms with van der Waals surface area (Å²) >= 11 is 0. The van der Waals surface area contributed by atoms with Crippen LogP contribution in [0.4, 0.5) is 0 Å². The molecule has 3 aromatic rings. The predicted molar refractivity (Wildman–Crippen MR) is 108 cm³/mol. The maximum absolute atomic E-state index is 6.15. The number of imidazole rings is 1. The maximum Gasteiger partial charge on any atom is 0.494 e. The lowest BCUT2D eigenvalue weighted by Crippen LogP contribution is -2.41. The molecule has 1 aliphatic rings. The Hall–Kier alpha value is -2.31. The van der Waals surface area contributed by atoms with Gasteiger partial charge in [-0.2, -0.15) is 0 Å². The number of methoxy groups -OCH3 is 1. The van der Waals surface area contributed by atoms with Crippen molar-refractivity contribution in [3.05, 3.63) is 54.4 Å². The van der Waals surface area contributed by atoms with Crippen molar-refractivity contribution < 1.29 is 14.0 Å². The van der Waals surface area contributed by atoms with Crippen molar-refractivity contribution in [3.8, 4) is 5.75 Å². The molecule has 4 rings (SSSR count). The number of ether oxygens (including phenoxy) is 1. The van der Waals surface area contributed by atoms with Gasteiger partial charge >= 0.3 is 7.12 Å². The molecule has 1 aliphatic heterocycles. The maximum atomic E-state index is 6.15. The van der Waals surface area contributed by atoms with E-state index < -0.39 is 0 Å². The van der Waals surface area contributed by atoms with Gasteiger partial charge in [0.1, 0.15) is 5.75 Å². The molecule has 0 radical (unpaired) electrons. The molecule has 0 unspecified atom stereocenters. The van der Waals surface area contributed by atoms with Crippen molar-refractivity contribution in [3.63, 3.8) is 0 Å². The van der Waals surface area contributed by atoms with Crippen molar-refractivity contribution in [2.75, 3.05) is 7.11 Å². The first-order valence-electron chi connectivity index (χ1n) is 9.22. The zero-order valence-corrected chi connectivity index (χ0v) is 16.5. The summed E-state index contributed by atoms with van der Waals surface area (Å²) in [5, 5.41) is 0. The Morgan fingerprint density at radius 1 is 1.00 bits per heavy atom. The van der Waals surface area contributed by atoms with Gasteiger partial charge in [0.2, 0.25) is 0 Å². The van der Waals surface area contributed by atoms with Gasteiger partial charge in [0.15, 0.2) is 0 Å². The molecule has 0 saturated carbocycles. The predicted octanol–water partition coefficient (Wildman–Crippen LogP) is 3.39. The first-order valence-corrected chi connectivity index (χ1v) is 9.22. The van der Waals surface area contributed by atoms with E-state index in [0.29, 0.717) is 0 Å². The van der Waals surface area contributed by atoms with Crippen LogP contribution in [0.15, 0.2) is 48.8 Å². The second kappa shape index (κ2) is 6.39. The van der Waals surface area contributed by atoms with Crippen molar-refractivity contribution in [2.45, 2.75) is 45.4 Å². The zero-order valence-electron chi connectivity index (χ0n) is 16.5. The number of hydrogen-bond acceptors (Lipinski definition) is 4. The molecule has 0 aliphatic carbocycles. The van der Waals surface area contributed by atoms with E-state index >= 15 is 0 Å². The number of hydrogen-bond donors (Lipinski definition) is 0. The molecule has 0 amide bonds. The molecule has 1 aromatic heterocycles. The van der Waals surface area contributed by atoms with Crippen molar-refractivity contribution in [1.82, 2.24) is 9.55 Å². The average molecular weight is 364 g/mol. The monoisotopic (exact) mass is 364 g/mol. The van der Waals surface area contributed by atoms with Gasteiger partial charge in [0.05, 0.1) is 35.7 Å². The zero-order chi connectivity index (χ0) is 19.2. The van der Waals surface area contributed by atoms with Crippen LogP contribution >= 0.6 is 0 Å².